The van der Waals surface area contributed by atoms with Crippen LogP contribution in [0.5, 0.6) is 0 Å². The van der Waals surface area contributed by atoms with Crippen LogP contribution < -0.4 is 5.56 Å². The van der Waals surface area contributed by atoms with Crippen LogP contribution in [0.4, 0.5) is 0 Å². The summed E-state index contributed by atoms with van der Waals surface area (Å²) in [6, 6.07) is 9.20. The Morgan fingerprint density at radius 1 is 1.21 bits per heavy atom. The zero-order valence-electron chi connectivity index (χ0n) is 12.9. The summed E-state index contributed by atoms with van der Waals surface area (Å²) in [4.78, 5) is 30.5. The average molecular weight is 322 g/mol. The van der Waals surface area contributed by atoms with Gasteiger partial charge in [-0.1, -0.05) is 18.2 Å². The van der Waals surface area contributed by atoms with Gasteiger partial charge in [-0.15, -0.1) is 0 Å². The molecule has 2 aliphatic heterocycles. The summed E-state index contributed by atoms with van der Waals surface area (Å²) in [7, 11) is 0. The Labute approximate surface area is 136 Å². The molecule has 4 rings (SSSR count). The van der Waals surface area contributed by atoms with E-state index >= 15 is 0 Å². The van der Waals surface area contributed by atoms with Gasteiger partial charge < -0.3 is 14.7 Å². The number of H-pyrrole nitrogens is 2. The van der Waals surface area contributed by atoms with Crippen LogP contribution in [-0.2, 0) is 4.74 Å². The Kier molecular flexibility index (Phi) is 3.19. The van der Waals surface area contributed by atoms with Gasteiger partial charge in [-0.05, 0) is 19.1 Å². The molecular formula is C17H14N4O3. The SMILES string of the molecule is CCOC(=O)c1[nH]cc2c3nn(-c4ccccc4)c(=O)c-3c[nH]c12. The highest BCUT2D eigenvalue weighted by Gasteiger charge is 2.23. The fourth-order valence-corrected chi connectivity index (χ4v) is 2.76. The van der Waals surface area contributed by atoms with Crippen LogP contribution in [0.1, 0.15) is 17.4 Å². The second-order valence-electron chi connectivity index (χ2n) is 5.28. The quantitative estimate of drug-likeness (QED) is 0.566. The molecule has 0 atom stereocenters. The molecule has 0 radical (unpaired) electrons. The predicted octanol–water partition coefficient (Wildman–Crippen LogP) is 2.32. The highest BCUT2D eigenvalue weighted by molar-refractivity contribution is 6.05. The van der Waals surface area contributed by atoms with Gasteiger partial charge in [0, 0.05) is 17.8 Å². The summed E-state index contributed by atoms with van der Waals surface area (Å²) in [6.07, 6.45) is 3.23. The van der Waals surface area contributed by atoms with Crippen molar-refractivity contribution in [1.82, 2.24) is 19.7 Å². The molecule has 2 aliphatic rings. The number of pyridine rings is 1. The van der Waals surface area contributed by atoms with Gasteiger partial charge in [0.25, 0.3) is 5.56 Å². The van der Waals surface area contributed by atoms with Crippen LogP contribution in [0.25, 0.3) is 27.8 Å². The summed E-state index contributed by atoms with van der Waals surface area (Å²) >= 11 is 0. The minimum atomic E-state index is -0.451. The summed E-state index contributed by atoms with van der Waals surface area (Å²) in [5.74, 6) is -0.451. The van der Waals surface area contributed by atoms with Crippen molar-refractivity contribution in [1.29, 1.82) is 0 Å². The van der Waals surface area contributed by atoms with Crippen molar-refractivity contribution in [3.63, 3.8) is 0 Å². The smallest absolute Gasteiger partial charge is 0.356 e. The van der Waals surface area contributed by atoms with E-state index in [1.54, 1.807) is 19.3 Å². The minimum Gasteiger partial charge on any atom is -0.461 e. The number of aromatic amines is 2. The van der Waals surface area contributed by atoms with E-state index in [2.05, 4.69) is 15.1 Å². The second-order valence-corrected chi connectivity index (χ2v) is 5.28. The van der Waals surface area contributed by atoms with Crippen molar-refractivity contribution < 1.29 is 9.53 Å². The topological polar surface area (TPSA) is 92.8 Å². The van der Waals surface area contributed by atoms with Crippen LogP contribution in [-0.4, -0.2) is 32.3 Å². The minimum absolute atomic E-state index is 0.215. The number of ether oxygens (including phenoxy) is 1. The molecule has 0 fully saturated rings. The first-order valence-corrected chi connectivity index (χ1v) is 7.54. The summed E-state index contributed by atoms with van der Waals surface area (Å²) < 4.78 is 6.38. The molecule has 0 aliphatic carbocycles. The monoisotopic (exact) mass is 322 g/mol. The fourth-order valence-electron chi connectivity index (χ4n) is 2.76. The fraction of sp³-hybridized carbons (Fsp3) is 0.118. The normalized spacial score (nSPS) is 11.2. The van der Waals surface area contributed by atoms with Gasteiger partial charge in [0.2, 0.25) is 0 Å². The molecule has 1 aromatic heterocycles. The Morgan fingerprint density at radius 3 is 2.75 bits per heavy atom. The third kappa shape index (κ3) is 2.02. The first-order chi connectivity index (χ1) is 11.7. The number of benzene rings is 1. The lowest BCUT2D eigenvalue weighted by Crippen LogP contribution is -2.14. The first kappa shape index (κ1) is 14.3. The molecule has 0 amide bonds. The van der Waals surface area contributed by atoms with Gasteiger partial charge in [-0.25, -0.2) is 4.79 Å². The maximum absolute atomic E-state index is 12.6. The number of nitrogens with one attached hydrogen (secondary N) is 2. The maximum Gasteiger partial charge on any atom is 0.356 e. The number of hydrogen-bond acceptors (Lipinski definition) is 4. The van der Waals surface area contributed by atoms with Gasteiger partial charge in [-0.3, -0.25) is 4.79 Å². The standard InChI is InChI=1S/C17H14N4O3/c1-2-24-17(23)15-14-11(8-19-15)13-12(9-18-14)16(22)21(20-13)10-6-4-3-5-7-10/h3-9,18-19H,2H2,1H3. The maximum atomic E-state index is 12.6. The van der Waals surface area contributed by atoms with E-state index in [0.29, 0.717) is 33.5 Å². The number of aromatic nitrogens is 4. The molecule has 2 aromatic rings. The van der Waals surface area contributed by atoms with E-state index in [1.807, 2.05) is 30.3 Å². The molecule has 120 valence electrons. The molecular weight excluding hydrogens is 308 g/mol. The van der Waals surface area contributed by atoms with E-state index < -0.39 is 5.97 Å². The summed E-state index contributed by atoms with van der Waals surface area (Å²) in [5, 5.41) is 5.11. The molecule has 24 heavy (non-hydrogen) atoms. The molecule has 0 bridgehead atoms. The number of esters is 1. The van der Waals surface area contributed by atoms with E-state index in [1.165, 1.54) is 4.68 Å². The Hall–Kier alpha value is -3.35. The lowest BCUT2D eigenvalue weighted by atomic mass is 10.1. The van der Waals surface area contributed by atoms with Crippen molar-refractivity contribution in [3.05, 3.63) is 58.8 Å². The van der Waals surface area contributed by atoms with Crippen LogP contribution in [0.15, 0.2) is 47.5 Å². The second kappa shape index (κ2) is 5.38. The molecule has 7 nitrogen and oxygen atoms in total. The Morgan fingerprint density at radius 2 is 2.00 bits per heavy atom. The van der Waals surface area contributed by atoms with E-state index in [-0.39, 0.29) is 12.2 Å². The molecule has 7 heteroatoms. The molecule has 3 heterocycles. The number of carbonyl (C=O) groups excluding carboxylic acids is 1. The number of para-hydroxylation sites is 1. The zero-order chi connectivity index (χ0) is 16.7. The lowest BCUT2D eigenvalue weighted by molar-refractivity contribution is 0.0522. The molecule has 2 N–H and O–H groups in total. The van der Waals surface area contributed by atoms with Gasteiger partial charge >= 0.3 is 5.97 Å². The van der Waals surface area contributed by atoms with Gasteiger partial charge in [-0.2, -0.15) is 9.78 Å². The average Bonchev–Trinajstić information content (AvgIpc) is 3.17. The first-order valence-electron chi connectivity index (χ1n) is 7.54. The van der Waals surface area contributed by atoms with E-state index in [9.17, 15) is 9.59 Å². The van der Waals surface area contributed by atoms with Gasteiger partial charge in [0.05, 0.1) is 23.4 Å². The number of hydrogen-bond donors (Lipinski definition) is 2. The van der Waals surface area contributed by atoms with Crippen LogP contribution >= 0.6 is 0 Å². The van der Waals surface area contributed by atoms with Gasteiger partial charge in [0.15, 0.2) is 0 Å². The van der Waals surface area contributed by atoms with Crippen molar-refractivity contribution in [2.45, 2.75) is 6.92 Å². The molecule has 0 unspecified atom stereocenters. The van der Waals surface area contributed by atoms with Crippen LogP contribution in [0, 0.1) is 0 Å². The number of rotatable bonds is 3. The number of carbonyl (C=O) groups is 1. The predicted molar refractivity (Wildman–Crippen MR) is 88.6 cm³/mol. The Balaban J connectivity index is 1.95. The number of nitrogens with zero attached hydrogens (tertiary/aromatic N) is 2. The van der Waals surface area contributed by atoms with Gasteiger partial charge in [0.1, 0.15) is 11.4 Å². The van der Waals surface area contributed by atoms with E-state index in [4.69, 9.17) is 4.74 Å². The van der Waals surface area contributed by atoms with Crippen molar-refractivity contribution in [3.8, 4) is 16.9 Å². The zero-order valence-corrected chi connectivity index (χ0v) is 12.9. The van der Waals surface area contributed by atoms with Crippen LogP contribution in [0.3, 0.4) is 0 Å². The van der Waals surface area contributed by atoms with Crippen molar-refractivity contribution in [2.75, 3.05) is 6.61 Å². The highest BCUT2D eigenvalue weighted by Crippen LogP contribution is 2.28. The van der Waals surface area contributed by atoms with E-state index in [0.717, 1.165) is 0 Å². The molecule has 0 saturated carbocycles. The largest absolute Gasteiger partial charge is 0.461 e. The lowest BCUT2D eigenvalue weighted by Gasteiger charge is -2.01. The molecule has 1 aromatic carbocycles. The van der Waals surface area contributed by atoms with Crippen molar-refractivity contribution >= 4 is 16.9 Å². The third-order valence-corrected chi connectivity index (χ3v) is 3.85. The van der Waals surface area contributed by atoms with Crippen LogP contribution in [0.2, 0.25) is 0 Å². The third-order valence-electron chi connectivity index (χ3n) is 3.85. The summed E-state index contributed by atoms with van der Waals surface area (Å²) in [5.41, 5.74) is 2.35. The molecule has 0 saturated heterocycles. The molecule has 0 spiro atoms. The summed E-state index contributed by atoms with van der Waals surface area (Å²) in [6.45, 7) is 2.03. The Bertz CT molecular complexity index is 1060. The highest BCUT2D eigenvalue weighted by atomic mass is 16.5. The number of fused-ring (bicyclic) bond motifs is 3. The van der Waals surface area contributed by atoms with Crippen molar-refractivity contribution in [2.24, 2.45) is 0 Å².